The summed E-state index contributed by atoms with van der Waals surface area (Å²) in [6, 6.07) is 63.4. The van der Waals surface area contributed by atoms with Crippen LogP contribution in [0.25, 0.3) is 121 Å². The molecule has 1 saturated heterocycles. The van der Waals surface area contributed by atoms with Crippen LogP contribution in [0.1, 0.15) is 38.0 Å². The van der Waals surface area contributed by atoms with Crippen LogP contribution in [0.5, 0.6) is 11.5 Å². The van der Waals surface area contributed by atoms with E-state index in [0.717, 1.165) is 119 Å². The van der Waals surface area contributed by atoms with Crippen LogP contribution in [-0.4, -0.2) is 109 Å². The number of ether oxygens (including phenoxy) is 3. The summed E-state index contributed by atoms with van der Waals surface area (Å²) in [7, 11) is 4.49. The van der Waals surface area contributed by atoms with E-state index in [0.29, 0.717) is 53.8 Å². The normalized spacial score (nSPS) is 10.4. The summed E-state index contributed by atoms with van der Waals surface area (Å²) in [5, 5.41) is 53.5. The molecule has 644 valence electrons. The van der Waals surface area contributed by atoms with Crippen molar-refractivity contribution in [3.63, 3.8) is 0 Å². The number of pyridine rings is 5. The fraction of sp³-hybridized carbons (Fsp3) is 0.126. The first-order chi connectivity index (χ1) is 57.8. The fourth-order valence-electron chi connectivity index (χ4n) is 11.7. The van der Waals surface area contributed by atoms with Gasteiger partial charge in [-0.05, 0) is 189 Å². The number of carbonyl (C=O) groups excluding carboxylic acids is 1. The molecule has 8 heterocycles. The number of aromatic amines is 1. The topological polar surface area (TPSA) is 281 Å². The van der Waals surface area contributed by atoms with Gasteiger partial charge in [0, 0.05) is 156 Å². The monoisotopic (exact) mass is 2370 g/mol. The van der Waals surface area contributed by atoms with Crippen LogP contribution >= 0.6 is 166 Å². The molecule has 10 aromatic carbocycles. The molecule has 1 fully saturated rings. The number of halogens is 13. The van der Waals surface area contributed by atoms with E-state index in [9.17, 15) is 28.0 Å². The maximum Gasteiger partial charge on any atom is 1.00 e. The van der Waals surface area contributed by atoms with Gasteiger partial charge in [-0.2, -0.15) is 0 Å². The Kier molecular flexibility index (Phi) is 54.9. The van der Waals surface area contributed by atoms with Crippen molar-refractivity contribution < 1.29 is 177 Å². The molecule has 0 atom stereocenters. The number of methoxy groups -OCH3 is 2. The molecule has 17 aromatic rings. The third-order valence-corrected chi connectivity index (χ3v) is 19.6. The minimum Gasteiger partial charge on any atom is -1.00 e. The van der Waals surface area contributed by atoms with Crippen LogP contribution in [0.3, 0.4) is 0 Å². The SMILES string of the molecule is BrB(Br)Br.Brc1ccc2oc3c4ccccc4ncc3c2c1.C.C.C.C1CCOC1.CN=P.COc1c(-c2cc(Br)ccc2F)cnc2ccccc12.COc1c(B(O)O)cnc2ccccc12.ClCCl.Fc1ccc(Br)cc1I.O=CO[O-].O=c1c(-c2cc(Br)ccc2F)c[nH]c2ccccc12.OB(O)c1ccc2oc3c4ccccc4ncc3c2c1.[2HH].[H-].[K+].[K+]. The third kappa shape index (κ3) is 33.3. The van der Waals surface area contributed by atoms with Crippen LogP contribution < -0.4 is 134 Å². The van der Waals surface area contributed by atoms with Gasteiger partial charge in [0.05, 0.1) is 41.6 Å². The average molecular weight is 2380 g/mol. The molecular formula is C87H81B3Br7Cl2F3IK2N6O13P. The Hall–Kier alpha value is -4.49. The zero-order chi connectivity index (χ0) is 87.0. The molecule has 19 nitrogen and oxygen atoms in total. The Morgan fingerprint density at radius 2 is 0.912 bits per heavy atom. The zero-order valence-electron chi connectivity index (χ0n) is 66.1. The van der Waals surface area contributed by atoms with Gasteiger partial charge in [0.2, 0.25) is 0 Å². The smallest absolute Gasteiger partial charge is 1.00 e. The minimum atomic E-state index is -1.57. The molecule has 0 unspecified atom stereocenters. The van der Waals surface area contributed by atoms with Gasteiger partial charge >= 0.3 is 120 Å². The van der Waals surface area contributed by atoms with Crippen molar-refractivity contribution in [1.82, 2.24) is 24.9 Å². The zero-order valence-corrected chi connectivity index (χ0v) is 87.1. The van der Waals surface area contributed by atoms with Crippen molar-refractivity contribution >= 4 is 299 Å². The summed E-state index contributed by atoms with van der Waals surface area (Å²) in [5.74, 6) is 0.203. The van der Waals surface area contributed by atoms with Gasteiger partial charge in [-0.25, -0.2) is 13.2 Å². The Morgan fingerprint density at radius 1 is 0.536 bits per heavy atom. The fourth-order valence-corrected chi connectivity index (χ4v) is 14.1. The van der Waals surface area contributed by atoms with Gasteiger partial charge in [-0.3, -0.25) is 34.3 Å². The van der Waals surface area contributed by atoms with E-state index < -0.39 is 20.1 Å². The van der Waals surface area contributed by atoms with Crippen molar-refractivity contribution in [2.45, 2.75) is 35.1 Å². The van der Waals surface area contributed by atoms with E-state index in [1.165, 1.54) is 44.3 Å². The Morgan fingerprint density at radius 3 is 1.34 bits per heavy atom. The summed E-state index contributed by atoms with van der Waals surface area (Å²) in [5.41, 5.74) is 9.73. The van der Waals surface area contributed by atoms with Gasteiger partial charge in [0.1, 0.15) is 51.3 Å². The van der Waals surface area contributed by atoms with Gasteiger partial charge in [0.15, 0.2) is 5.43 Å². The molecule has 38 heteroatoms. The second kappa shape index (κ2) is 59.8. The maximum atomic E-state index is 14.1. The number of hydrogen-bond donors (Lipinski definition) is 5. The number of para-hydroxylation sites is 5. The van der Waals surface area contributed by atoms with Crippen molar-refractivity contribution in [3.05, 3.63) is 292 Å². The number of rotatable bonds is 7. The number of carbonyl (C=O) groups is 1. The van der Waals surface area contributed by atoms with E-state index in [1.54, 1.807) is 99.5 Å². The van der Waals surface area contributed by atoms with Crippen LogP contribution in [0, 0.1) is 21.0 Å². The maximum absolute atomic E-state index is 14.1. The van der Waals surface area contributed by atoms with E-state index in [2.05, 4.69) is 161 Å². The summed E-state index contributed by atoms with van der Waals surface area (Å²) in [6.07, 6.45) is 10.8. The van der Waals surface area contributed by atoms with Crippen LogP contribution in [0.15, 0.2) is 280 Å². The van der Waals surface area contributed by atoms with Gasteiger partial charge in [0.25, 0.3) is 6.47 Å². The molecule has 5 N–H and O–H groups in total. The number of aromatic nitrogens is 5. The molecule has 0 saturated carbocycles. The molecule has 0 radical (unpaired) electrons. The molecule has 18 rings (SSSR count). The number of alkyl halides is 2. The summed E-state index contributed by atoms with van der Waals surface area (Å²) < 4.78 is 75.6. The Bertz CT molecular complexity index is 6390. The third-order valence-electron chi connectivity index (χ3n) is 16.8. The van der Waals surface area contributed by atoms with Crippen molar-refractivity contribution in [2.24, 2.45) is 4.74 Å². The number of benzene rings is 10. The second-order valence-corrected chi connectivity index (χ2v) is 36.9. The first kappa shape index (κ1) is 115. The predicted octanol–water partition coefficient (Wildman–Crippen LogP) is 18.8. The van der Waals surface area contributed by atoms with E-state index in [1.807, 2.05) is 150 Å². The number of H-pyrrole nitrogens is 1. The van der Waals surface area contributed by atoms with Crippen LogP contribution in [-0.2, 0) is 14.4 Å². The molecule has 0 spiro atoms. The molecule has 7 aromatic heterocycles. The molecule has 1 aliphatic heterocycles. The molecule has 0 amide bonds. The van der Waals surface area contributed by atoms with Crippen LogP contribution in [0.4, 0.5) is 13.2 Å². The van der Waals surface area contributed by atoms with Gasteiger partial charge in [-0.15, -0.1) is 70.5 Å². The van der Waals surface area contributed by atoms with Crippen molar-refractivity contribution in [1.29, 1.82) is 0 Å². The largest absolute Gasteiger partial charge is 1.00 e. The van der Waals surface area contributed by atoms with Gasteiger partial charge in [-0.1, -0.05) is 159 Å². The van der Waals surface area contributed by atoms with E-state index >= 15 is 0 Å². The van der Waals surface area contributed by atoms with Crippen molar-refractivity contribution in [3.8, 4) is 33.8 Å². The minimum absolute atomic E-state index is 0. The quantitative estimate of drug-likeness (QED) is 0.0145. The van der Waals surface area contributed by atoms with Gasteiger partial charge < -0.3 is 59.7 Å². The molecule has 1 aliphatic rings. The first-order valence-corrected chi connectivity index (χ1v) is 43.7. The Balaban J connectivity index is 0.000000729. The number of nitrogens with zero attached hydrogens (tertiary/aromatic N) is 5. The number of furan rings is 2. The molecular weight excluding hydrogens is 2290 g/mol. The summed E-state index contributed by atoms with van der Waals surface area (Å²) >= 11 is 34.2. The predicted molar refractivity (Wildman–Crippen MR) is 536 cm³/mol. The molecule has 125 heavy (non-hydrogen) atoms. The molecule has 0 aliphatic carbocycles. The summed E-state index contributed by atoms with van der Waals surface area (Å²) in [4.78, 5) is 44.1. The molecule has 0 bridgehead atoms. The van der Waals surface area contributed by atoms with Crippen LogP contribution in [0.2, 0.25) is 0 Å². The number of hydrogen-bond acceptors (Lipinski definition) is 18. The average Bonchev–Trinajstić information content (AvgIpc) is 1.64. The number of fused-ring (bicyclic) bond motifs is 13. The van der Waals surface area contributed by atoms with Crippen molar-refractivity contribution in [2.75, 3.05) is 39.8 Å². The standard InChI is InChI=1S/C16H11BrFNO.C15H10BNO3.C15H9BrFNO.C15H8BrNO.C10H10BNO3.C6H3BrFI.C4H8O.CH2Cl2.CH4NP.CH2O3.3CH4.BBr3.2K.H2.H/c1-20-16-11-4-2-3-5-15(11)19-9-13(16)12-8-10(17)6-7-14(12)18;18-16(19)9-5-6-14-11(7-9)12-8-17-13-4-2-1-3-10(13)15(12)20-14;16-9-5-6-13(17)11(7-9)12-8-18-14-4-2-1-3-10(14)15(12)19;16-9-5-6-14-11(7-9)12-8-17-13-4-2-1-3-10(13)15(12)18-14;1-15-10-7-4-2-3-5-9(7)12-6-8(10)11(13)14;7-4-1-2-5(8)6(9)3-4;1-2-4-5-3-1;2-1-3;1-2-3;2-1-4-3;;;;2-1(3)4;;;;/h2-9H,1H3;1-8,18-19H;1-8H,(H,18,19);1-8H;2-6,13-14H,1H3;1-3H;1-4H2;1H2;3H,1H3;1,3H;3*1H4;;;;1H;/q;;;;;;;;;;;;;;2*+1;;-1/p-1/i;;;;;;;;;;;;;;;;1+1;. The van der Waals surface area contributed by atoms with E-state index in [-0.39, 0.29) is 165 Å². The Labute approximate surface area is 893 Å². The summed E-state index contributed by atoms with van der Waals surface area (Å²) in [6.45, 7) is 1.82. The van der Waals surface area contributed by atoms with E-state index in [4.69, 9.17) is 66.3 Å². The second-order valence-electron chi connectivity index (χ2n) is 24.3. The first-order valence-electron chi connectivity index (χ1n) is 35.2. The number of nitrogens with one attached hydrogen (secondary N) is 1.